The van der Waals surface area contributed by atoms with Crippen LogP contribution in [0.1, 0.15) is 16.8 Å². The number of hydrazine groups is 1. The van der Waals surface area contributed by atoms with E-state index < -0.39 is 48.3 Å². The zero-order valence-electron chi connectivity index (χ0n) is 15.8. The third kappa shape index (κ3) is 5.18. The second-order valence-corrected chi connectivity index (χ2v) is 6.61. The standard InChI is InChI=1S/C20H16F5N3O3/c21-11-1-4-13(5-2-11)28-9-16(27-26)15(19(28)30)8-17(29)14-6-3-12(22)7-18(14)31-10-20(23,24)25/h1-7,27H,8-10,26H2. The summed E-state index contributed by atoms with van der Waals surface area (Å²) in [6.45, 7) is -1.74. The average molecular weight is 441 g/mol. The molecule has 6 nitrogen and oxygen atoms in total. The Kier molecular flexibility index (Phi) is 6.25. The zero-order chi connectivity index (χ0) is 22.8. The van der Waals surface area contributed by atoms with Crippen molar-refractivity contribution < 1.29 is 36.3 Å². The van der Waals surface area contributed by atoms with Gasteiger partial charge in [0.25, 0.3) is 5.91 Å². The van der Waals surface area contributed by atoms with E-state index in [2.05, 4.69) is 10.2 Å². The van der Waals surface area contributed by atoms with Crippen molar-refractivity contribution in [2.75, 3.05) is 18.1 Å². The van der Waals surface area contributed by atoms with Gasteiger partial charge in [-0.1, -0.05) is 0 Å². The lowest BCUT2D eigenvalue weighted by Crippen LogP contribution is -2.29. The Morgan fingerprint density at radius 1 is 1.10 bits per heavy atom. The maximum atomic E-state index is 13.5. The van der Waals surface area contributed by atoms with Crippen LogP contribution in [-0.2, 0) is 4.79 Å². The number of carbonyl (C=O) groups is 2. The Labute approximate surface area is 173 Å². The summed E-state index contributed by atoms with van der Waals surface area (Å²) in [4.78, 5) is 26.8. The molecule has 3 rings (SSSR count). The third-order valence-electron chi connectivity index (χ3n) is 4.47. The topological polar surface area (TPSA) is 84.7 Å². The maximum Gasteiger partial charge on any atom is 0.422 e. The van der Waals surface area contributed by atoms with Gasteiger partial charge in [0.05, 0.1) is 17.8 Å². The molecule has 164 valence electrons. The fourth-order valence-corrected chi connectivity index (χ4v) is 3.02. The van der Waals surface area contributed by atoms with E-state index in [0.29, 0.717) is 11.8 Å². The van der Waals surface area contributed by atoms with Gasteiger partial charge in [-0.3, -0.25) is 15.4 Å². The van der Waals surface area contributed by atoms with Crippen LogP contribution in [0.5, 0.6) is 5.75 Å². The number of anilines is 1. The highest BCUT2D eigenvalue weighted by Gasteiger charge is 2.34. The number of nitrogens with two attached hydrogens (primary N) is 1. The molecule has 0 unspecified atom stereocenters. The molecule has 1 aliphatic rings. The predicted octanol–water partition coefficient (Wildman–Crippen LogP) is 3.24. The van der Waals surface area contributed by atoms with Gasteiger partial charge in [-0.25, -0.2) is 8.78 Å². The average Bonchev–Trinajstić information content (AvgIpc) is 3.02. The SMILES string of the molecule is NNC1=C(CC(=O)c2ccc(F)cc2OCC(F)(F)F)C(=O)N(c2ccc(F)cc2)C1. The van der Waals surface area contributed by atoms with Crippen LogP contribution >= 0.6 is 0 Å². The van der Waals surface area contributed by atoms with Crippen LogP contribution in [-0.4, -0.2) is 31.0 Å². The van der Waals surface area contributed by atoms with E-state index in [1.54, 1.807) is 0 Å². The molecule has 0 radical (unpaired) electrons. The first-order valence-electron chi connectivity index (χ1n) is 8.87. The highest BCUT2D eigenvalue weighted by Crippen LogP contribution is 2.30. The van der Waals surface area contributed by atoms with Crippen LogP contribution in [0.2, 0.25) is 0 Å². The van der Waals surface area contributed by atoms with Crippen LogP contribution < -0.4 is 20.9 Å². The molecule has 1 aliphatic heterocycles. The highest BCUT2D eigenvalue weighted by atomic mass is 19.4. The summed E-state index contributed by atoms with van der Waals surface area (Å²) in [5.41, 5.74) is 2.56. The number of hydrogen-bond acceptors (Lipinski definition) is 5. The van der Waals surface area contributed by atoms with Gasteiger partial charge in [-0.05, 0) is 36.4 Å². The minimum Gasteiger partial charge on any atom is -0.483 e. The lowest BCUT2D eigenvalue weighted by Gasteiger charge is -2.17. The number of nitrogens with one attached hydrogen (secondary N) is 1. The maximum absolute atomic E-state index is 13.5. The van der Waals surface area contributed by atoms with Crippen molar-refractivity contribution in [2.24, 2.45) is 5.84 Å². The first-order valence-corrected chi connectivity index (χ1v) is 8.87. The Hall–Kier alpha value is -3.47. The number of nitrogens with zero attached hydrogens (tertiary/aromatic N) is 1. The van der Waals surface area contributed by atoms with E-state index in [4.69, 9.17) is 5.84 Å². The number of amides is 1. The lowest BCUT2D eigenvalue weighted by atomic mass is 10.0. The van der Waals surface area contributed by atoms with Crippen molar-refractivity contribution in [3.8, 4) is 5.75 Å². The molecule has 1 amide bonds. The van der Waals surface area contributed by atoms with Gasteiger partial charge in [0, 0.05) is 23.7 Å². The second kappa shape index (κ2) is 8.72. The minimum atomic E-state index is -4.69. The molecule has 31 heavy (non-hydrogen) atoms. The number of benzene rings is 2. The molecule has 0 saturated heterocycles. The Morgan fingerprint density at radius 2 is 1.74 bits per heavy atom. The molecule has 2 aromatic carbocycles. The van der Waals surface area contributed by atoms with E-state index in [1.165, 1.54) is 17.0 Å². The van der Waals surface area contributed by atoms with Crippen molar-refractivity contribution >= 4 is 17.4 Å². The summed E-state index contributed by atoms with van der Waals surface area (Å²) in [5.74, 6) is 2.11. The summed E-state index contributed by atoms with van der Waals surface area (Å²) >= 11 is 0. The number of ketones is 1. The van der Waals surface area contributed by atoms with E-state index in [9.17, 15) is 31.5 Å². The molecule has 1 heterocycles. The molecular weight excluding hydrogens is 425 g/mol. The first kappa shape index (κ1) is 22.2. The lowest BCUT2D eigenvalue weighted by molar-refractivity contribution is -0.153. The van der Waals surface area contributed by atoms with Gasteiger partial charge in [0.15, 0.2) is 12.4 Å². The number of ether oxygens (including phenoxy) is 1. The number of carbonyl (C=O) groups excluding carboxylic acids is 2. The summed E-state index contributed by atoms with van der Waals surface area (Å²) in [7, 11) is 0. The third-order valence-corrected chi connectivity index (χ3v) is 4.47. The molecule has 0 aliphatic carbocycles. The highest BCUT2D eigenvalue weighted by molar-refractivity contribution is 6.14. The van der Waals surface area contributed by atoms with Gasteiger partial charge in [-0.15, -0.1) is 0 Å². The van der Waals surface area contributed by atoms with Crippen LogP contribution in [0.4, 0.5) is 27.6 Å². The van der Waals surface area contributed by atoms with E-state index >= 15 is 0 Å². The van der Waals surface area contributed by atoms with Crippen LogP contribution in [0, 0.1) is 11.6 Å². The Balaban J connectivity index is 1.83. The molecule has 0 atom stereocenters. The van der Waals surface area contributed by atoms with Crippen molar-refractivity contribution in [1.29, 1.82) is 0 Å². The Morgan fingerprint density at radius 3 is 2.35 bits per heavy atom. The Bertz CT molecular complexity index is 1040. The molecule has 0 saturated carbocycles. The number of alkyl halides is 3. The number of rotatable bonds is 7. The summed E-state index contributed by atoms with van der Waals surface area (Å²) < 4.78 is 68.6. The summed E-state index contributed by atoms with van der Waals surface area (Å²) in [5, 5.41) is 0. The van der Waals surface area contributed by atoms with E-state index in [1.807, 2.05) is 0 Å². The number of Topliss-reactive ketones (excluding diaryl/α,β-unsaturated/α-hetero) is 1. The van der Waals surface area contributed by atoms with E-state index in [0.717, 1.165) is 24.3 Å². The van der Waals surface area contributed by atoms with Gasteiger partial charge in [-0.2, -0.15) is 13.2 Å². The fourth-order valence-electron chi connectivity index (χ4n) is 3.02. The monoisotopic (exact) mass is 441 g/mol. The largest absolute Gasteiger partial charge is 0.483 e. The van der Waals surface area contributed by atoms with Crippen molar-refractivity contribution in [1.82, 2.24) is 5.43 Å². The fraction of sp³-hybridized carbons (Fsp3) is 0.200. The number of halogens is 5. The second-order valence-electron chi connectivity index (χ2n) is 6.61. The van der Waals surface area contributed by atoms with Crippen LogP contribution in [0.25, 0.3) is 0 Å². The molecule has 0 fully saturated rings. The number of hydrogen-bond donors (Lipinski definition) is 2. The van der Waals surface area contributed by atoms with Crippen LogP contribution in [0.3, 0.4) is 0 Å². The van der Waals surface area contributed by atoms with E-state index in [-0.39, 0.29) is 23.4 Å². The molecular formula is C20H16F5N3O3. The molecule has 0 aromatic heterocycles. The van der Waals surface area contributed by atoms with Gasteiger partial charge < -0.3 is 15.1 Å². The molecule has 0 bridgehead atoms. The minimum absolute atomic E-state index is 0.0234. The normalized spacial score (nSPS) is 14.3. The molecule has 11 heteroatoms. The van der Waals surface area contributed by atoms with Gasteiger partial charge >= 0.3 is 6.18 Å². The van der Waals surface area contributed by atoms with Crippen molar-refractivity contribution in [2.45, 2.75) is 12.6 Å². The van der Waals surface area contributed by atoms with Gasteiger partial charge in [0.2, 0.25) is 0 Å². The smallest absolute Gasteiger partial charge is 0.422 e. The predicted molar refractivity (Wildman–Crippen MR) is 100.0 cm³/mol. The summed E-state index contributed by atoms with van der Waals surface area (Å²) in [6, 6.07) is 7.59. The zero-order valence-corrected chi connectivity index (χ0v) is 15.8. The molecule has 0 spiro atoms. The van der Waals surface area contributed by atoms with Crippen molar-refractivity contribution in [3.63, 3.8) is 0 Å². The first-order chi connectivity index (χ1) is 14.6. The molecule has 2 aromatic rings. The van der Waals surface area contributed by atoms with Crippen LogP contribution in [0.15, 0.2) is 53.7 Å². The van der Waals surface area contributed by atoms with Gasteiger partial charge in [0.1, 0.15) is 17.4 Å². The summed E-state index contributed by atoms with van der Waals surface area (Å²) in [6.07, 6.45) is -5.22. The molecule has 3 N–H and O–H groups in total. The van der Waals surface area contributed by atoms with Crippen molar-refractivity contribution in [3.05, 3.63) is 70.9 Å². The quantitative estimate of drug-likeness (QED) is 0.298.